The van der Waals surface area contributed by atoms with Crippen molar-refractivity contribution >= 4 is 17.5 Å². The number of carbonyl (C=O) groups excluding carboxylic acids is 2. The lowest BCUT2D eigenvalue weighted by Gasteiger charge is -2.32. The number of likely N-dealkylation sites (N-methyl/N-ethyl adjacent to an activating group) is 1. The third kappa shape index (κ3) is 2.01. The first-order valence-electron chi connectivity index (χ1n) is 5.50. The Morgan fingerprint density at radius 3 is 2.59 bits per heavy atom. The first-order chi connectivity index (χ1) is 8.15. The van der Waals surface area contributed by atoms with Gasteiger partial charge in [0.15, 0.2) is 0 Å². The molecule has 0 saturated carbocycles. The molecule has 1 aliphatic rings. The smallest absolute Gasteiger partial charge is 0.316 e. The van der Waals surface area contributed by atoms with Crippen molar-refractivity contribution in [2.45, 2.75) is 6.54 Å². The van der Waals surface area contributed by atoms with Gasteiger partial charge in [-0.2, -0.15) is 0 Å². The fourth-order valence-electron chi connectivity index (χ4n) is 1.91. The molecule has 17 heavy (non-hydrogen) atoms. The Morgan fingerprint density at radius 2 is 1.88 bits per heavy atom. The van der Waals surface area contributed by atoms with Gasteiger partial charge < -0.3 is 15.5 Å². The summed E-state index contributed by atoms with van der Waals surface area (Å²) in [4.78, 5) is 26.4. The summed E-state index contributed by atoms with van der Waals surface area (Å²) >= 11 is 0. The zero-order chi connectivity index (χ0) is 12.4. The van der Waals surface area contributed by atoms with Gasteiger partial charge in [-0.25, -0.2) is 0 Å². The van der Waals surface area contributed by atoms with E-state index < -0.39 is 11.8 Å². The highest BCUT2D eigenvalue weighted by Gasteiger charge is 2.31. The van der Waals surface area contributed by atoms with Crippen LogP contribution in [0.1, 0.15) is 5.56 Å². The summed E-state index contributed by atoms with van der Waals surface area (Å²) in [5.74, 6) is -0.956. The van der Waals surface area contributed by atoms with Crippen molar-refractivity contribution in [2.75, 3.05) is 25.0 Å². The molecule has 0 aliphatic carbocycles. The predicted molar refractivity (Wildman–Crippen MR) is 64.3 cm³/mol. The summed E-state index contributed by atoms with van der Waals surface area (Å²) in [6.45, 7) is 1.41. The number of amides is 2. The van der Waals surface area contributed by atoms with E-state index in [9.17, 15) is 9.59 Å². The minimum atomic E-state index is -0.486. The summed E-state index contributed by atoms with van der Waals surface area (Å²) in [7, 11) is 1.63. The van der Waals surface area contributed by atoms with Crippen molar-refractivity contribution in [3.05, 3.63) is 29.8 Å². The predicted octanol–water partition coefficient (Wildman–Crippen LogP) is -0.0497. The second kappa shape index (κ2) is 4.55. The Labute approximate surface area is 99.8 Å². The van der Waals surface area contributed by atoms with Gasteiger partial charge in [0, 0.05) is 32.4 Å². The van der Waals surface area contributed by atoms with Crippen molar-refractivity contribution in [1.82, 2.24) is 4.90 Å². The molecule has 1 aliphatic heterocycles. The topological polar surface area (TPSA) is 66.6 Å². The fraction of sp³-hybridized carbons (Fsp3) is 0.333. The van der Waals surface area contributed by atoms with E-state index >= 15 is 0 Å². The molecule has 2 rings (SSSR count). The number of hydrogen-bond donors (Lipinski definition) is 1. The molecule has 0 aromatic heterocycles. The van der Waals surface area contributed by atoms with Crippen LogP contribution < -0.4 is 10.6 Å². The largest absolute Gasteiger partial charge is 0.336 e. The lowest BCUT2D eigenvalue weighted by Crippen LogP contribution is -2.53. The van der Waals surface area contributed by atoms with E-state index in [2.05, 4.69) is 0 Å². The highest BCUT2D eigenvalue weighted by atomic mass is 16.2. The summed E-state index contributed by atoms with van der Waals surface area (Å²) in [5, 5.41) is 0. The molecular formula is C12H15N3O2. The first-order valence-corrected chi connectivity index (χ1v) is 5.50. The minimum Gasteiger partial charge on any atom is -0.336 e. The highest BCUT2D eigenvalue weighted by molar-refractivity contribution is 6.41. The molecule has 5 nitrogen and oxygen atoms in total. The second-order valence-electron chi connectivity index (χ2n) is 4.02. The molecule has 1 fully saturated rings. The van der Waals surface area contributed by atoms with Crippen LogP contribution in [0.5, 0.6) is 0 Å². The number of carbonyl (C=O) groups is 2. The number of nitrogens with two attached hydrogens (primary N) is 1. The Morgan fingerprint density at radius 1 is 1.18 bits per heavy atom. The number of hydrogen-bond acceptors (Lipinski definition) is 3. The van der Waals surface area contributed by atoms with Crippen LogP contribution in [0.3, 0.4) is 0 Å². The Kier molecular flexibility index (Phi) is 3.10. The summed E-state index contributed by atoms with van der Waals surface area (Å²) < 4.78 is 0. The van der Waals surface area contributed by atoms with E-state index in [0.717, 1.165) is 11.3 Å². The van der Waals surface area contributed by atoms with Crippen LogP contribution in [-0.2, 0) is 16.1 Å². The van der Waals surface area contributed by atoms with Crippen molar-refractivity contribution in [1.29, 1.82) is 0 Å². The Bertz CT molecular complexity index is 459. The molecule has 1 aromatic rings. The fourth-order valence-corrected chi connectivity index (χ4v) is 1.91. The van der Waals surface area contributed by atoms with Gasteiger partial charge in [0.1, 0.15) is 0 Å². The maximum absolute atomic E-state index is 11.9. The maximum atomic E-state index is 11.9. The van der Waals surface area contributed by atoms with Crippen LogP contribution in [-0.4, -0.2) is 36.9 Å². The minimum absolute atomic E-state index is 0.351. The summed E-state index contributed by atoms with van der Waals surface area (Å²) in [6, 6.07) is 7.39. The number of benzene rings is 1. The standard InChI is InChI=1S/C12H15N3O2/c1-14-6-7-15(12(17)11(14)16)10-5-3-2-4-9(10)8-13/h2-5H,6-8,13H2,1H3. The number of rotatable bonds is 2. The Balaban J connectivity index is 2.34. The SMILES string of the molecule is CN1CCN(c2ccccc2CN)C(=O)C1=O. The van der Waals surface area contributed by atoms with E-state index in [0.29, 0.717) is 19.6 Å². The average molecular weight is 233 g/mol. The Hall–Kier alpha value is -1.88. The van der Waals surface area contributed by atoms with Crippen molar-refractivity contribution in [3.63, 3.8) is 0 Å². The molecule has 0 atom stereocenters. The number of piperazine rings is 1. The van der Waals surface area contributed by atoms with E-state index in [1.165, 1.54) is 9.80 Å². The lowest BCUT2D eigenvalue weighted by atomic mass is 10.1. The second-order valence-corrected chi connectivity index (χ2v) is 4.02. The monoisotopic (exact) mass is 233 g/mol. The van der Waals surface area contributed by atoms with Gasteiger partial charge in [0.25, 0.3) is 0 Å². The third-order valence-electron chi connectivity index (χ3n) is 2.94. The highest BCUT2D eigenvalue weighted by Crippen LogP contribution is 2.22. The summed E-state index contributed by atoms with van der Waals surface area (Å²) in [6.07, 6.45) is 0. The molecule has 2 amide bonds. The van der Waals surface area contributed by atoms with E-state index in [1.54, 1.807) is 7.05 Å². The van der Waals surface area contributed by atoms with Crippen LogP contribution in [0, 0.1) is 0 Å². The van der Waals surface area contributed by atoms with Crippen LogP contribution in [0.25, 0.3) is 0 Å². The van der Waals surface area contributed by atoms with Crippen molar-refractivity contribution in [3.8, 4) is 0 Å². The van der Waals surface area contributed by atoms with E-state index in [4.69, 9.17) is 5.73 Å². The number of anilines is 1. The van der Waals surface area contributed by atoms with Gasteiger partial charge in [0.2, 0.25) is 0 Å². The molecule has 5 heteroatoms. The molecule has 0 radical (unpaired) electrons. The van der Waals surface area contributed by atoms with Crippen molar-refractivity contribution in [2.24, 2.45) is 5.73 Å². The van der Waals surface area contributed by atoms with Gasteiger partial charge in [-0.15, -0.1) is 0 Å². The van der Waals surface area contributed by atoms with Gasteiger partial charge in [-0.3, -0.25) is 9.59 Å². The van der Waals surface area contributed by atoms with Crippen LogP contribution >= 0.6 is 0 Å². The first kappa shape index (κ1) is 11.6. The molecular weight excluding hydrogens is 218 g/mol. The molecule has 0 bridgehead atoms. The maximum Gasteiger partial charge on any atom is 0.316 e. The normalized spacial score (nSPS) is 16.6. The van der Waals surface area contributed by atoms with Crippen LogP contribution in [0.4, 0.5) is 5.69 Å². The molecule has 1 saturated heterocycles. The molecule has 2 N–H and O–H groups in total. The number of para-hydroxylation sites is 1. The average Bonchev–Trinajstić information content (AvgIpc) is 2.36. The molecule has 90 valence electrons. The molecule has 1 heterocycles. The van der Waals surface area contributed by atoms with Crippen molar-refractivity contribution < 1.29 is 9.59 Å². The van der Waals surface area contributed by atoms with Gasteiger partial charge in [-0.1, -0.05) is 18.2 Å². The molecule has 0 spiro atoms. The zero-order valence-corrected chi connectivity index (χ0v) is 9.72. The third-order valence-corrected chi connectivity index (χ3v) is 2.94. The molecule has 1 aromatic carbocycles. The number of nitrogens with zero attached hydrogens (tertiary/aromatic N) is 2. The van der Waals surface area contributed by atoms with Crippen LogP contribution in [0.2, 0.25) is 0 Å². The molecule has 0 unspecified atom stereocenters. The lowest BCUT2D eigenvalue weighted by molar-refractivity contribution is -0.145. The van der Waals surface area contributed by atoms with Gasteiger partial charge >= 0.3 is 11.8 Å². The zero-order valence-electron chi connectivity index (χ0n) is 9.72. The van der Waals surface area contributed by atoms with E-state index in [-0.39, 0.29) is 0 Å². The quantitative estimate of drug-likeness (QED) is 0.728. The van der Waals surface area contributed by atoms with Gasteiger partial charge in [0.05, 0.1) is 0 Å². The summed E-state index contributed by atoms with van der Waals surface area (Å²) in [5.41, 5.74) is 7.24. The van der Waals surface area contributed by atoms with E-state index in [1.807, 2.05) is 24.3 Å². The van der Waals surface area contributed by atoms with Gasteiger partial charge in [-0.05, 0) is 11.6 Å². The van der Waals surface area contributed by atoms with Crippen LogP contribution in [0.15, 0.2) is 24.3 Å².